The summed E-state index contributed by atoms with van der Waals surface area (Å²) in [5, 5.41) is 9.01. The number of aryl methyl sites for hydroxylation is 1. The van der Waals surface area contributed by atoms with Gasteiger partial charge in [0.15, 0.2) is 0 Å². The van der Waals surface area contributed by atoms with Crippen molar-refractivity contribution < 1.29 is 24.2 Å². The third kappa shape index (κ3) is 2.10. The number of carboxylic acids is 1. The Balaban J connectivity index is 2.44. The summed E-state index contributed by atoms with van der Waals surface area (Å²) in [4.78, 5) is 35.2. The van der Waals surface area contributed by atoms with Gasteiger partial charge in [0.25, 0.3) is 11.8 Å². The van der Waals surface area contributed by atoms with E-state index in [-0.39, 0.29) is 24.5 Å². The van der Waals surface area contributed by atoms with Crippen LogP contribution in [-0.2, 0) is 14.3 Å². The van der Waals surface area contributed by atoms with Gasteiger partial charge in [-0.2, -0.15) is 0 Å². The van der Waals surface area contributed by atoms with E-state index in [2.05, 4.69) is 0 Å². The van der Waals surface area contributed by atoms with E-state index < -0.39 is 17.8 Å². The normalized spacial score (nSPS) is 15.9. The summed E-state index contributed by atoms with van der Waals surface area (Å²) in [6.45, 7) is 1.29. The molecule has 1 heterocycles. The van der Waals surface area contributed by atoms with Crippen LogP contribution < -0.4 is 4.90 Å². The van der Waals surface area contributed by atoms with E-state index in [1.165, 1.54) is 6.07 Å². The van der Waals surface area contributed by atoms with E-state index in [0.717, 1.165) is 4.90 Å². The number of anilines is 1. The fourth-order valence-corrected chi connectivity index (χ4v) is 1.76. The first kappa shape index (κ1) is 12.3. The van der Waals surface area contributed by atoms with Crippen molar-refractivity contribution >= 4 is 23.5 Å². The molecule has 1 fully saturated rings. The molecule has 1 aliphatic heterocycles. The highest BCUT2D eigenvalue weighted by atomic mass is 16.5. The van der Waals surface area contributed by atoms with Crippen LogP contribution in [0.15, 0.2) is 18.2 Å². The third-order valence-corrected chi connectivity index (χ3v) is 2.66. The maximum Gasteiger partial charge on any atom is 0.336 e. The fraction of sp³-hybridized carbons (Fsp3) is 0.250. The van der Waals surface area contributed by atoms with Gasteiger partial charge in [0, 0.05) is 0 Å². The molecule has 0 aromatic heterocycles. The van der Waals surface area contributed by atoms with Gasteiger partial charge in [-0.1, -0.05) is 6.07 Å². The highest BCUT2D eigenvalue weighted by molar-refractivity contribution is 6.17. The van der Waals surface area contributed by atoms with Gasteiger partial charge < -0.3 is 9.84 Å². The van der Waals surface area contributed by atoms with Crippen LogP contribution in [0.2, 0.25) is 0 Å². The molecule has 1 aliphatic rings. The zero-order valence-corrected chi connectivity index (χ0v) is 9.67. The van der Waals surface area contributed by atoms with Gasteiger partial charge in [0.2, 0.25) is 0 Å². The predicted molar refractivity (Wildman–Crippen MR) is 61.5 cm³/mol. The standard InChI is InChI=1S/C12H11NO5/c1-7-2-3-8(4-9(7)12(16)17)13-10(14)5-18-6-11(13)15/h2-4H,5-6H2,1H3,(H,16,17). The number of ether oxygens (including phenoxy) is 1. The molecule has 94 valence electrons. The molecule has 0 aliphatic carbocycles. The lowest BCUT2D eigenvalue weighted by Crippen LogP contribution is -2.46. The van der Waals surface area contributed by atoms with Crippen LogP contribution in [0.3, 0.4) is 0 Å². The summed E-state index contributed by atoms with van der Waals surface area (Å²) in [5.41, 5.74) is 0.898. The van der Waals surface area contributed by atoms with Crippen LogP contribution in [0.4, 0.5) is 5.69 Å². The zero-order valence-electron chi connectivity index (χ0n) is 9.67. The monoisotopic (exact) mass is 249 g/mol. The van der Waals surface area contributed by atoms with E-state index >= 15 is 0 Å². The minimum atomic E-state index is -1.09. The molecule has 1 N–H and O–H groups in total. The molecule has 0 atom stereocenters. The second kappa shape index (κ2) is 4.58. The van der Waals surface area contributed by atoms with Gasteiger partial charge in [0.05, 0.1) is 11.3 Å². The second-order valence-corrected chi connectivity index (χ2v) is 3.92. The molecule has 0 spiro atoms. The van der Waals surface area contributed by atoms with Crippen molar-refractivity contribution in [2.45, 2.75) is 6.92 Å². The number of aromatic carboxylic acids is 1. The number of benzene rings is 1. The first-order valence-corrected chi connectivity index (χ1v) is 5.28. The molecule has 2 amide bonds. The fourth-order valence-electron chi connectivity index (χ4n) is 1.76. The highest BCUT2D eigenvalue weighted by Crippen LogP contribution is 2.21. The predicted octanol–water partition coefficient (Wildman–Crippen LogP) is 0.583. The molecule has 0 bridgehead atoms. The highest BCUT2D eigenvalue weighted by Gasteiger charge is 2.28. The third-order valence-electron chi connectivity index (χ3n) is 2.66. The number of carbonyl (C=O) groups excluding carboxylic acids is 2. The van der Waals surface area contributed by atoms with Gasteiger partial charge in [-0.05, 0) is 24.6 Å². The molecular formula is C12H11NO5. The van der Waals surface area contributed by atoms with Gasteiger partial charge in [-0.25, -0.2) is 9.69 Å². The summed E-state index contributed by atoms with van der Waals surface area (Å²) in [6.07, 6.45) is 0. The van der Waals surface area contributed by atoms with Crippen LogP contribution in [0.5, 0.6) is 0 Å². The van der Waals surface area contributed by atoms with Crippen molar-refractivity contribution in [3.05, 3.63) is 29.3 Å². The molecule has 6 heteroatoms. The Morgan fingerprint density at radius 1 is 1.28 bits per heavy atom. The quantitative estimate of drug-likeness (QED) is 0.775. The number of rotatable bonds is 2. The summed E-state index contributed by atoms with van der Waals surface area (Å²) in [7, 11) is 0. The number of nitrogens with zero attached hydrogens (tertiary/aromatic N) is 1. The number of hydrogen-bond donors (Lipinski definition) is 1. The molecule has 2 rings (SSSR count). The Morgan fingerprint density at radius 2 is 1.89 bits per heavy atom. The number of hydrogen-bond acceptors (Lipinski definition) is 4. The van der Waals surface area contributed by atoms with E-state index in [0.29, 0.717) is 5.56 Å². The molecule has 6 nitrogen and oxygen atoms in total. The SMILES string of the molecule is Cc1ccc(N2C(=O)COCC2=O)cc1C(=O)O. The lowest BCUT2D eigenvalue weighted by molar-refractivity contribution is -0.138. The largest absolute Gasteiger partial charge is 0.478 e. The van der Waals surface area contributed by atoms with Crippen molar-refractivity contribution in [1.82, 2.24) is 0 Å². The van der Waals surface area contributed by atoms with Crippen LogP contribution in [0.1, 0.15) is 15.9 Å². The molecule has 0 unspecified atom stereocenters. The maximum atomic E-state index is 11.6. The minimum Gasteiger partial charge on any atom is -0.478 e. The molecular weight excluding hydrogens is 238 g/mol. The summed E-state index contributed by atoms with van der Waals surface area (Å²) < 4.78 is 4.79. The average Bonchev–Trinajstić information content (AvgIpc) is 2.30. The number of morpholine rings is 1. The molecule has 1 saturated heterocycles. The Kier molecular flexibility index (Phi) is 3.12. The lowest BCUT2D eigenvalue weighted by Gasteiger charge is -2.25. The zero-order chi connectivity index (χ0) is 13.3. The van der Waals surface area contributed by atoms with Crippen molar-refractivity contribution in [1.29, 1.82) is 0 Å². The van der Waals surface area contributed by atoms with E-state index in [9.17, 15) is 14.4 Å². The van der Waals surface area contributed by atoms with Crippen LogP contribution in [0.25, 0.3) is 0 Å². The lowest BCUT2D eigenvalue weighted by atomic mass is 10.1. The van der Waals surface area contributed by atoms with E-state index in [1.807, 2.05) is 0 Å². The first-order valence-electron chi connectivity index (χ1n) is 5.28. The molecule has 1 aromatic carbocycles. The number of carboxylic acid groups (broad SMARTS) is 1. The van der Waals surface area contributed by atoms with Crippen LogP contribution in [-0.4, -0.2) is 36.1 Å². The Bertz CT molecular complexity index is 521. The molecule has 0 radical (unpaired) electrons. The number of imide groups is 1. The van der Waals surface area contributed by atoms with Gasteiger partial charge in [0.1, 0.15) is 13.2 Å². The van der Waals surface area contributed by atoms with Crippen LogP contribution in [0, 0.1) is 6.92 Å². The van der Waals surface area contributed by atoms with Gasteiger partial charge >= 0.3 is 5.97 Å². The Morgan fingerprint density at radius 3 is 2.44 bits per heavy atom. The van der Waals surface area contributed by atoms with Crippen molar-refractivity contribution in [3.63, 3.8) is 0 Å². The summed E-state index contributed by atoms with van der Waals surface area (Å²) in [6, 6.07) is 4.43. The Labute approximate surface area is 103 Å². The van der Waals surface area contributed by atoms with E-state index in [1.54, 1.807) is 19.1 Å². The molecule has 1 aromatic rings. The van der Waals surface area contributed by atoms with E-state index in [4.69, 9.17) is 9.84 Å². The smallest absolute Gasteiger partial charge is 0.336 e. The van der Waals surface area contributed by atoms with Crippen molar-refractivity contribution in [2.24, 2.45) is 0 Å². The maximum absolute atomic E-state index is 11.6. The average molecular weight is 249 g/mol. The van der Waals surface area contributed by atoms with Crippen molar-refractivity contribution in [3.8, 4) is 0 Å². The molecule has 18 heavy (non-hydrogen) atoms. The topological polar surface area (TPSA) is 83.9 Å². The summed E-state index contributed by atoms with van der Waals surface area (Å²) >= 11 is 0. The Hall–Kier alpha value is -2.21. The van der Waals surface area contributed by atoms with Gasteiger partial charge in [-0.3, -0.25) is 9.59 Å². The number of carbonyl (C=O) groups is 3. The first-order chi connectivity index (χ1) is 8.50. The minimum absolute atomic E-state index is 0.0691. The van der Waals surface area contributed by atoms with Crippen molar-refractivity contribution in [2.75, 3.05) is 18.1 Å². The molecule has 0 saturated carbocycles. The van der Waals surface area contributed by atoms with Gasteiger partial charge in [-0.15, -0.1) is 0 Å². The number of amides is 2. The van der Waals surface area contributed by atoms with Crippen LogP contribution >= 0.6 is 0 Å². The summed E-state index contributed by atoms with van der Waals surface area (Å²) in [5.74, 6) is -2.08. The second-order valence-electron chi connectivity index (χ2n) is 3.92.